The number of carbonyl (C=O) groups is 1. The molecule has 0 aromatic rings. The van der Waals surface area contributed by atoms with Crippen molar-refractivity contribution in [3.05, 3.63) is 0 Å². The Morgan fingerprint density at radius 3 is 2.42 bits per heavy atom. The molecule has 12 heavy (non-hydrogen) atoms. The summed E-state index contributed by atoms with van der Waals surface area (Å²) in [5.74, 6) is 3.16. The van der Waals surface area contributed by atoms with Gasteiger partial charge in [-0.15, -0.1) is 6.42 Å². The summed E-state index contributed by atoms with van der Waals surface area (Å²) in [5, 5.41) is 0. The molecule has 1 nitrogen and oxygen atoms in total. The number of carbonyl (C=O) groups excluding carboxylic acids is 1. The molecule has 0 radical (unpaired) electrons. The van der Waals surface area contributed by atoms with E-state index in [1.165, 1.54) is 19.3 Å². The zero-order chi connectivity index (χ0) is 8.97. The van der Waals surface area contributed by atoms with Crippen LogP contribution in [-0.2, 0) is 4.79 Å². The fraction of sp³-hybridized carbons (Fsp3) is 0.727. The largest absolute Gasteiger partial charge is 0.299 e. The van der Waals surface area contributed by atoms with E-state index in [9.17, 15) is 4.79 Å². The van der Waals surface area contributed by atoms with Crippen LogP contribution in [0.4, 0.5) is 0 Å². The highest BCUT2D eigenvalue weighted by Gasteiger charge is 2.24. The van der Waals surface area contributed by atoms with Crippen LogP contribution in [0.25, 0.3) is 0 Å². The fourth-order valence-corrected chi connectivity index (χ4v) is 2.05. The van der Waals surface area contributed by atoms with Crippen molar-refractivity contribution in [2.45, 2.75) is 39.0 Å². The molecule has 1 saturated carbocycles. The van der Waals surface area contributed by atoms with Gasteiger partial charge in [-0.25, -0.2) is 0 Å². The lowest BCUT2D eigenvalue weighted by Gasteiger charge is -2.24. The molecule has 0 aliphatic heterocycles. The van der Waals surface area contributed by atoms with Crippen LogP contribution < -0.4 is 0 Å². The van der Waals surface area contributed by atoms with Gasteiger partial charge in [0, 0.05) is 0 Å². The van der Waals surface area contributed by atoms with Crippen molar-refractivity contribution in [3.63, 3.8) is 0 Å². The van der Waals surface area contributed by atoms with Gasteiger partial charge in [-0.1, -0.05) is 25.2 Å². The molecule has 0 bridgehead atoms. The van der Waals surface area contributed by atoms with E-state index in [0.717, 1.165) is 12.8 Å². The van der Waals surface area contributed by atoms with Gasteiger partial charge in [-0.2, -0.15) is 0 Å². The highest BCUT2D eigenvalue weighted by molar-refractivity contribution is 5.81. The van der Waals surface area contributed by atoms with Crippen molar-refractivity contribution in [1.82, 2.24) is 0 Å². The maximum absolute atomic E-state index is 11.1. The van der Waals surface area contributed by atoms with E-state index in [2.05, 4.69) is 5.92 Å². The predicted molar refractivity (Wildman–Crippen MR) is 49.6 cm³/mol. The SMILES string of the molecule is C#C[C@H](C(C)=O)C1CCCCC1. The molecule has 0 aromatic carbocycles. The maximum Gasteiger partial charge on any atom is 0.145 e. The van der Waals surface area contributed by atoms with Crippen LogP contribution in [0.1, 0.15) is 39.0 Å². The Morgan fingerprint density at radius 2 is 2.00 bits per heavy atom. The smallest absolute Gasteiger partial charge is 0.145 e. The zero-order valence-corrected chi connectivity index (χ0v) is 7.68. The van der Waals surface area contributed by atoms with E-state index in [4.69, 9.17) is 6.42 Å². The van der Waals surface area contributed by atoms with E-state index in [-0.39, 0.29) is 11.7 Å². The number of ketones is 1. The van der Waals surface area contributed by atoms with Crippen molar-refractivity contribution in [2.24, 2.45) is 11.8 Å². The minimum Gasteiger partial charge on any atom is -0.299 e. The van der Waals surface area contributed by atoms with E-state index < -0.39 is 0 Å². The van der Waals surface area contributed by atoms with Gasteiger partial charge >= 0.3 is 0 Å². The first-order valence-corrected chi connectivity index (χ1v) is 4.72. The van der Waals surface area contributed by atoms with Gasteiger partial charge in [0.2, 0.25) is 0 Å². The zero-order valence-electron chi connectivity index (χ0n) is 7.68. The molecular formula is C11H16O. The molecule has 0 N–H and O–H groups in total. The lowest BCUT2D eigenvalue weighted by Crippen LogP contribution is -2.22. The van der Waals surface area contributed by atoms with Crippen LogP contribution in [-0.4, -0.2) is 5.78 Å². The molecule has 1 atom stereocenters. The quantitative estimate of drug-likeness (QED) is 0.573. The number of terminal acetylenes is 1. The second-order valence-corrected chi connectivity index (χ2v) is 3.65. The van der Waals surface area contributed by atoms with E-state index in [1.807, 2.05) is 0 Å². The van der Waals surface area contributed by atoms with Crippen LogP contribution >= 0.6 is 0 Å². The molecule has 1 aliphatic carbocycles. The Hall–Kier alpha value is -0.770. The van der Waals surface area contributed by atoms with Crippen molar-refractivity contribution in [3.8, 4) is 12.3 Å². The molecule has 1 heteroatoms. The Morgan fingerprint density at radius 1 is 1.42 bits per heavy atom. The number of hydrogen-bond donors (Lipinski definition) is 0. The first-order chi connectivity index (χ1) is 5.75. The van der Waals surface area contributed by atoms with Crippen LogP contribution in [0.2, 0.25) is 0 Å². The molecule has 0 aromatic heterocycles. The summed E-state index contributed by atoms with van der Waals surface area (Å²) in [4.78, 5) is 11.1. The van der Waals surface area contributed by atoms with Gasteiger partial charge in [0.25, 0.3) is 0 Å². The molecule has 0 amide bonds. The molecular weight excluding hydrogens is 148 g/mol. The third-order valence-electron chi connectivity index (χ3n) is 2.74. The van der Waals surface area contributed by atoms with E-state index >= 15 is 0 Å². The normalized spacial score (nSPS) is 21.3. The Balaban J connectivity index is 2.53. The number of Topliss-reactive ketones (excluding diaryl/α,β-unsaturated/α-hetero) is 1. The fourth-order valence-electron chi connectivity index (χ4n) is 2.05. The Kier molecular flexibility index (Phi) is 3.34. The third-order valence-corrected chi connectivity index (χ3v) is 2.74. The first-order valence-electron chi connectivity index (χ1n) is 4.72. The van der Waals surface area contributed by atoms with Gasteiger partial charge in [0.15, 0.2) is 0 Å². The summed E-state index contributed by atoms with van der Waals surface area (Å²) in [6, 6.07) is 0. The first kappa shape index (κ1) is 9.32. The summed E-state index contributed by atoms with van der Waals surface area (Å²) < 4.78 is 0. The Bertz CT molecular complexity index is 194. The van der Waals surface area contributed by atoms with Gasteiger partial charge in [0.05, 0.1) is 5.92 Å². The molecule has 0 heterocycles. The van der Waals surface area contributed by atoms with Gasteiger partial charge in [-0.3, -0.25) is 4.79 Å². The molecule has 1 fully saturated rings. The summed E-state index contributed by atoms with van der Waals surface area (Å²) in [7, 11) is 0. The highest BCUT2D eigenvalue weighted by atomic mass is 16.1. The average Bonchev–Trinajstić information content (AvgIpc) is 2.07. The van der Waals surface area contributed by atoms with Crippen molar-refractivity contribution >= 4 is 5.78 Å². The van der Waals surface area contributed by atoms with Crippen LogP contribution in [0.15, 0.2) is 0 Å². The van der Waals surface area contributed by atoms with Crippen LogP contribution in [0, 0.1) is 24.2 Å². The molecule has 0 saturated heterocycles. The van der Waals surface area contributed by atoms with Gasteiger partial charge in [-0.05, 0) is 25.7 Å². The van der Waals surface area contributed by atoms with Crippen LogP contribution in [0.5, 0.6) is 0 Å². The molecule has 0 unspecified atom stereocenters. The molecule has 66 valence electrons. The summed E-state index contributed by atoms with van der Waals surface area (Å²) in [5.41, 5.74) is 0. The van der Waals surface area contributed by atoms with E-state index in [0.29, 0.717) is 5.92 Å². The number of hydrogen-bond acceptors (Lipinski definition) is 1. The summed E-state index contributed by atoms with van der Waals surface area (Å²) >= 11 is 0. The predicted octanol–water partition coefficient (Wildman–Crippen LogP) is 2.41. The Labute approximate surface area is 74.5 Å². The standard InChI is InChI=1S/C11H16O/c1-3-11(9(2)12)10-7-5-4-6-8-10/h1,10-11H,4-8H2,2H3/t11-/m1/s1. The molecule has 1 aliphatic rings. The summed E-state index contributed by atoms with van der Waals surface area (Å²) in [6.45, 7) is 1.61. The summed E-state index contributed by atoms with van der Waals surface area (Å²) in [6.07, 6.45) is 11.4. The maximum atomic E-state index is 11.1. The number of rotatable bonds is 2. The third kappa shape index (κ3) is 2.11. The second kappa shape index (κ2) is 4.30. The monoisotopic (exact) mass is 164 g/mol. The van der Waals surface area contributed by atoms with Gasteiger partial charge in [0.1, 0.15) is 5.78 Å². The minimum atomic E-state index is -0.106. The van der Waals surface area contributed by atoms with Crippen molar-refractivity contribution < 1.29 is 4.79 Å². The van der Waals surface area contributed by atoms with Crippen LogP contribution in [0.3, 0.4) is 0 Å². The topological polar surface area (TPSA) is 17.1 Å². The highest BCUT2D eigenvalue weighted by Crippen LogP contribution is 2.29. The molecule has 0 spiro atoms. The minimum absolute atomic E-state index is 0.106. The van der Waals surface area contributed by atoms with Gasteiger partial charge < -0.3 is 0 Å². The van der Waals surface area contributed by atoms with Crippen molar-refractivity contribution in [1.29, 1.82) is 0 Å². The lowest BCUT2D eigenvalue weighted by atomic mass is 9.79. The average molecular weight is 164 g/mol. The van der Waals surface area contributed by atoms with Crippen molar-refractivity contribution in [2.75, 3.05) is 0 Å². The van der Waals surface area contributed by atoms with E-state index in [1.54, 1.807) is 6.92 Å². The molecule has 1 rings (SSSR count). The lowest BCUT2D eigenvalue weighted by molar-refractivity contribution is -0.120. The second-order valence-electron chi connectivity index (χ2n) is 3.65.